The number of ether oxygens (including phenoxy) is 3. The highest BCUT2D eigenvalue weighted by Gasteiger charge is 2.14. The Morgan fingerprint density at radius 2 is 1.86 bits per heavy atom. The Kier molecular flexibility index (Phi) is 5.41. The highest BCUT2D eigenvalue weighted by atomic mass is 32.1. The van der Waals surface area contributed by atoms with E-state index in [-0.39, 0.29) is 0 Å². The van der Waals surface area contributed by atoms with Crippen molar-refractivity contribution in [2.24, 2.45) is 5.73 Å². The first-order valence-electron chi connectivity index (χ1n) is 6.72. The molecule has 5 nitrogen and oxygen atoms in total. The molecule has 0 aliphatic carbocycles. The predicted molar refractivity (Wildman–Crippen MR) is 83.3 cm³/mol. The minimum Gasteiger partial charge on any atom is -0.493 e. The number of thiazole rings is 1. The Morgan fingerprint density at radius 3 is 2.33 bits per heavy atom. The van der Waals surface area contributed by atoms with Gasteiger partial charge in [0.25, 0.3) is 0 Å². The molecule has 114 valence electrons. The Balaban J connectivity index is 2.21. The van der Waals surface area contributed by atoms with Crippen LogP contribution in [0.4, 0.5) is 0 Å². The van der Waals surface area contributed by atoms with Gasteiger partial charge in [0.05, 0.1) is 24.9 Å². The van der Waals surface area contributed by atoms with E-state index in [4.69, 9.17) is 19.9 Å². The molecule has 1 aromatic heterocycles. The number of nitrogens with two attached hydrogens (primary N) is 1. The standard InChI is InChI=1S/C15H20N2O3S/c1-4-14-17-11(9-21-14)8-20-15-12(18-2)5-10(7-16)6-13(15)19-3/h5-6,9H,4,7-8,16H2,1-3H3. The SMILES string of the molecule is CCc1nc(COc2c(OC)cc(CN)cc2OC)cs1. The first-order valence-corrected chi connectivity index (χ1v) is 7.60. The third kappa shape index (κ3) is 3.65. The molecule has 6 heteroatoms. The molecule has 0 saturated heterocycles. The Hall–Kier alpha value is -1.79. The van der Waals surface area contributed by atoms with E-state index in [1.54, 1.807) is 25.6 Å². The van der Waals surface area contributed by atoms with Gasteiger partial charge < -0.3 is 19.9 Å². The second kappa shape index (κ2) is 7.28. The molecule has 21 heavy (non-hydrogen) atoms. The Bertz CT molecular complexity index is 573. The predicted octanol–water partition coefficient (Wildman–Crippen LogP) is 2.76. The topological polar surface area (TPSA) is 66.6 Å². The van der Waals surface area contributed by atoms with Crippen LogP contribution in [0.3, 0.4) is 0 Å². The van der Waals surface area contributed by atoms with Crippen LogP contribution in [0.1, 0.15) is 23.2 Å². The maximum atomic E-state index is 5.85. The first kappa shape index (κ1) is 15.6. The molecular formula is C15H20N2O3S. The number of benzene rings is 1. The van der Waals surface area contributed by atoms with Crippen LogP contribution < -0.4 is 19.9 Å². The second-order valence-electron chi connectivity index (χ2n) is 4.41. The van der Waals surface area contributed by atoms with Gasteiger partial charge in [-0.1, -0.05) is 6.92 Å². The fraction of sp³-hybridized carbons (Fsp3) is 0.400. The van der Waals surface area contributed by atoms with Gasteiger partial charge in [-0.15, -0.1) is 11.3 Å². The minimum atomic E-state index is 0.380. The maximum Gasteiger partial charge on any atom is 0.203 e. The van der Waals surface area contributed by atoms with E-state index in [1.165, 1.54) is 0 Å². The lowest BCUT2D eigenvalue weighted by atomic mass is 10.2. The van der Waals surface area contributed by atoms with Crippen molar-refractivity contribution in [3.8, 4) is 17.2 Å². The summed E-state index contributed by atoms with van der Waals surface area (Å²) in [6.45, 7) is 2.88. The molecule has 2 N–H and O–H groups in total. The number of methoxy groups -OCH3 is 2. The van der Waals surface area contributed by atoms with Crippen molar-refractivity contribution in [3.05, 3.63) is 33.8 Å². The molecule has 1 heterocycles. The summed E-state index contributed by atoms with van der Waals surface area (Å²) < 4.78 is 16.6. The lowest BCUT2D eigenvalue weighted by molar-refractivity contribution is 0.263. The van der Waals surface area contributed by atoms with Crippen LogP contribution in [0, 0.1) is 0 Å². The van der Waals surface area contributed by atoms with Crippen molar-refractivity contribution >= 4 is 11.3 Å². The number of aromatic nitrogens is 1. The van der Waals surface area contributed by atoms with Crippen LogP contribution >= 0.6 is 11.3 Å². The van der Waals surface area contributed by atoms with Gasteiger partial charge in [0.1, 0.15) is 6.61 Å². The normalized spacial score (nSPS) is 10.5. The molecule has 2 aromatic rings. The number of hydrogen-bond donors (Lipinski definition) is 1. The summed E-state index contributed by atoms with van der Waals surface area (Å²) in [5.74, 6) is 1.80. The van der Waals surface area contributed by atoms with Crippen molar-refractivity contribution in [3.63, 3.8) is 0 Å². The van der Waals surface area contributed by atoms with E-state index in [9.17, 15) is 0 Å². The molecule has 0 amide bonds. The molecule has 0 radical (unpaired) electrons. The van der Waals surface area contributed by atoms with Crippen LogP contribution in [0.25, 0.3) is 0 Å². The van der Waals surface area contributed by atoms with Crippen LogP contribution in [0.5, 0.6) is 17.2 Å². The molecule has 0 aliphatic heterocycles. The van der Waals surface area contributed by atoms with E-state index >= 15 is 0 Å². The van der Waals surface area contributed by atoms with E-state index in [0.29, 0.717) is 30.4 Å². The molecular weight excluding hydrogens is 288 g/mol. The minimum absolute atomic E-state index is 0.380. The van der Waals surface area contributed by atoms with E-state index in [1.807, 2.05) is 17.5 Å². The van der Waals surface area contributed by atoms with Gasteiger partial charge in [0.2, 0.25) is 5.75 Å². The summed E-state index contributed by atoms with van der Waals surface area (Å²) >= 11 is 1.64. The van der Waals surface area contributed by atoms with Crippen LogP contribution in [0.15, 0.2) is 17.5 Å². The van der Waals surface area contributed by atoms with Crippen molar-refractivity contribution in [2.45, 2.75) is 26.5 Å². The van der Waals surface area contributed by atoms with Gasteiger partial charge in [0, 0.05) is 11.9 Å². The third-order valence-electron chi connectivity index (χ3n) is 3.02. The van der Waals surface area contributed by atoms with E-state index < -0.39 is 0 Å². The van der Waals surface area contributed by atoms with E-state index in [0.717, 1.165) is 22.7 Å². The summed E-state index contributed by atoms with van der Waals surface area (Å²) in [5, 5.41) is 3.11. The zero-order chi connectivity index (χ0) is 15.2. The number of hydrogen-bond acceptors (Lipinski definition) is 6. The quantitative estimate of drug-likeness (QED) is 0.852. The maximum absolute atomic E-state index is 5.85. The molecule has 0 unspecified atom stereocenters. The van der Waals surface area contributed by atoms with Crippen LogP contribution in [-0.2, 0) is 19.6 Å². The van der Waals surface area contributed by atoms with Gasteiger partial charge in [-0.05, 0) is 24.1 Å². The smallest absolute Gasteiger partial charge is 0.203 e. The lowest BCUT2D eigenvalue weighted by Crippen LogP contribution is -2.03. The summed E-state index contributed by atoms with van der Waals surface area (Å²) in [6, 6.07) is 3.72. The van der Waals surface area contributed by atoms with Crippen molar-refractivity contribution in [1.82, 2.24) is 4.98 Å². The second-order valence-corrected chi connectivity index (χ2v) is 5.35. The zero-order valence-corrected chi connectivity index (χ0v) is 13.3. The highest BCUT2D eigenvalue weighted by molar-refractivity contribution is 7.09. The highest BCUT2D eigenvalue weighted by Crippen LogP contribution is 2.39. The summed E-state index contributed by atoms with van der Waals surface area (Å²) in [4.78, 5) is 4.48. The molecule has 0 spiro atoms. The van der Waals surface area contributed by atoms with Crippen LogP contribution in [-0.4, -0.2) is 19.2 Å². The number of rotatable bonds is 7. The average molecular weight is 308 g/mol. The molecule has 0 fully saturated rings. The molecule has 0 bridgehead atoms. The van der Waals surface area contributed by atoms with Gasteiger partial charge in [-0.25, -0.2) is 4.98 Å². The van der Waals surface area contributed by atoms with Crippen molar-refractivity contribution in [2.75, 3.05) is 14.2 Å². The van der Waals surface area contributed by atoms with Crippen molar-refractivity contribution in [1.29, 1.82) is 0 Å². The number of aryl methyl sites for hydroxylation is 1. The lowest BCUT2D eigenvalue weighted by Gasteiger charge is -2.15. The monoisotopic (exact) mass is 308 g/mol. The Labute approximate surface area is 128 Å². The molecule has 0 atom stereocenters. The largest absolute Gasteiger partial charge is 0.493 e. The van der Waals surface area contributed by atoms with Gasteiger partial charge in [0.15, 0.2) is 11.5 Å². The van der Waals surface area contributed by atoms with Gasteiger partial charge in [-0.2, -0.15) is 0 Å². The Morgan fingerprint density at radius 1 is 1.19 bits per heavy atom. The third-order valence-corrected chi connectivity index (χ3v) is 4.06. The van der Waals surface area contributed by atoms with E-state index in [2.05, 4.69) is 11.9 Å². The summed E-state index contributed by atoms with van der Waals surface area (Å²) in [7, 11) is 3.19. The summed E-state index contributed by atoms with van der Waals surface area (Å²) in [6.07, 6.45) is 0.933. The molecule has 1 aromatic carbocycles. The first-order chi connectivity index (χ1) is 10.2. The molecule has 0 aliphatic rings. The number of nitrogens with zero attached hydrogens (tertiary/aromatic N) is 1. The fourth-order valence-corrected chi connectivity index (χ4v) is 2.65. The average Bonchev–Trinajstić information content (AvgIpc) is 2.99. The van der Waals surface area contributed by atoms with Crippen molar-refractivity contribution < 1.29 is 14.2 Å². The van der Waals surface area contributed by atoms with Crippen LogP contribution in [0.2, 0.25) is 0 Å². The van der Waals surface area contributed by atoms with Gasteiger partial charge in [-0.3, -0.25) is 0 Å². The molecule has 0 saturated carbocycles. The fourth-order valence-electron chi connectivity index (χ4n) is 1.92. The summed E-state index contributed by atoms with van der Waals surface area (Å²) in [5.41, 5.74) is 7.50. The zero-order valence-electron chi connectivity index (χ0n) is 12.5. The van der Waals surface area contributed by atoms with Gasteiger partial charge >= 0.3 is 0 Å². The molecule has 2 rings (SSSR count).